The maximum atomic E-state index is 12.9. The monoisotopic (exact) mass is 398 g/mol. The van der Waals surface area contributed by atoms with E-state index in [9.17, 15) is 14.4 Å². The van der Waals surface area contributed by atoms with Gasteiger partial charge in [-0.25, -0.2) is 4.79 Å². The summed E-state index contributed by atoms with van der Waals surface area (Å²) >= 11 is 0. The lowest BCUT2D eigenvalue weighted by atomic mass is 10.3. The first-order valence-electron chi connectivity index (χ1n) is 9.19. The van der Waals surface area contributed by atoms with Gasteiger partial charge in [0.15, 0.2) is 5.69 Å². The summed E-state index contributed by atoms with van der Waals surface area (Å²) in [4.78, 5) is 41.1. The second-order valence-electron chi connectivity index (χ2n) is 6.35. The first kappa shape index (κ1) is 20.0. The van der Waals surface area contributed by atoms with Crippen LogP contribution in [0, 0.1) is 0 Å². The van der Waals surface area contributed by atoms with Crippen molar-refractivity contribution < 1.29 is 13.6 Å². The maximum absolute atomic E-state index is 12.9. The fraction of sp³-hybridized carbons (Fsp3) is 0.250. The highest BCUT2D eigenvalue weighted by atomic mass is 16.3. The summed E-state index contributed by atoms with van der Waals surface area (Å²) in [5, 5.41) is 0. The number of amides is 1. The second-order valence-corrected chi connectivity index (χ2v) is 6.35. The molecule has 0 fully saturated rings. The van der Waals surface area contributed by atoms with Crippen LogP contribution in [0.5, 0.6) is 0 Å². The predicted molar refractivity (Wildman–Crippen MR) is 108 cm³/mol. The standard InChI is InChI=1S/C20H22N4O5/c1-2-3-10-23-18(21)17(19(26)22-20(23)27)24(13-15-7-5-12-29-15)16(25)9-8-14-6-4-11-28-14/h4-9,11-12H,2-3,10,13,21H2,1H3,(H,22,26,27). The molecule has 0 aliphatic rings. The normalized spacial score (nSPS) is 11.2. The largest absolute Gasteiger partial charge is 0.467 e. The zero-order valence-electron chi connectivity index (χ0n) is 16.0. The third kappa shape index (κ3) is 4.57. The van der Waals surface area contributed by atoms with E-state index < -0.39 is 17.2 Å². The topological polar surface area (TPSA) is 127 Å². The summed E-state index contributed by atoms with van der Waals surface area (Å²) in [5.41, 5.74) is 4.70. The smallest absolute Gasteiger partial charge is 0.330 e. The van der Waals surface area contributed by atoms with Gasteiger partial charge in [0, 0.05) is 12.6 Å². The summed E-state index contributed by atoms with van der Waals surface area (Å²) in [6, 6.07) is 6.73. The van der Waals surface area contributed by atoms with Crippen molar-refractivity contribution >= 4 is 23.5 Å². The number of rotatable bonds is 8. The summed E-state index contributed by atoms with van der Waals surface area (Å²) < 4.78 is 11.8. The van der Waals surface area contributed by atoms with Crippen molar-refractivity contribution in [2.75, 3.05) is 10.6 Å². The predicted octanol–water partition coefficient (Wildman–Crippen LogP) is 2.35. The quantitative estimate of drug-likeness (QED) is 0.561. The number of furan rings is 2. The number of hydrogen-bond acceptors (Lipinski definition) is 6. The van der Waals surface area contributed by atoms with E-state index in [0.717, 1.165) is 6.42 Å². The average molecular weight is 398 g/mol. The minimum Gasteiger partial charge on any atom is -0.467 e. The van der Waals surface area contributed by atoms with Gasteiger partial charge in [0.25, 0.3) is 11.5 Å². The minimum atomic E-state index is -0.744. The molecule has 3 aromatic rings. The molecule has 0 aliphatic carbocycles. The summed E-state index contributed by atoms with van der Waals surface area (Å²) in [5.74, 6) is 0.343. The van der Waals surface area contributed by atoms with Gasteiger partial charge < -0.3 is 14.6 Å². The molecular weight excluding hydrogens is 376 g/mol. The number of nitrogen functional groups attached to an aromatic ring is 1. The molecule has 29 heavy (non-hydrogen) atoms. The molecule has 0 bridgehead atoms. The van der Waals surface area contributed by atoms with Crippen LogP contribution in [0.25, 0.3) is 6.08 Å². The molecule has 1 amide bonds. The van der Waals surface area contributed by atoms with E-state index in [1.165, 1.54) is 34.1 Å². The van der Waals surface area contributed by atoms with Gasteiger partial charge in [-0.1, -0.05) is 13.3 Å². The number of nitrogens with two attached hydrogens (primary N) is 1. The van der Waals surface area contributed by atoms with Crippen LogP contribution in [-0.2, 0) is 17.9 Å². The Morgan fingerprint density at radius 3 is 2.66 bits per heavy atom. The molecule has 3 rings (SSSR count). The van der Waals surface area contributed by atoms with E-state index in [0.29, 0.717) is 24.5 Å². The molecule has 3 heterocycles. The number of anilines is 2. The van der Waals surface area contributed by atoms with Crippen LogP contribution in [0.3, 0.4) is 0 Å². The first-order valence-corrected chi connectivity index (χ1v) is 9.19. The molecule has 0 unspecified atom stereocenters. The Labute approximate surface area is 166 Å². The van der Waals surface area contributed by atoms with E-state index in [1.54, 1.807) is 24.3 Å². The van der Waals surface area contributed by atoms with Gasteiger partial charge in [-0.05, 0) is 36.8 Å². The Morgan fingerprint density at radius 2 is 2.00 bits per heavy atom. The van der Waals surface area contributed by atoms with Crippen LogP contribution in [-0.4, -0.2) is 15.5 Å². The summed E-state index contributed by atoms with van der Waals surface area (Å²) in [6.07, 6.45) is 7.22. The molecule has 9 nitrogen and oxygen atoms in total. The Hall–Kier alpha value is -3.75. The molecule has 3 aromatic heterocycles. The third-order valence-electron chi connectivity index (χ3n) is 4.31. The Bertz CT molecular complexity index is 1090. The lowest BCUT2D eigenvalue weighted by Gasteiger charge is -2.22. The number of aromatic nitrogens is 2. The molecule has 0 saturated carbocycles. The van der Waals surface area contributed by atoms with Crippen LogP contribution < -0.4 is 21.9 Å². The molecular formula is C20H22N4O5. The number of unbranched alkanes of at least 4 members (excludes halogenated alkanes) is 1. The van der Waals surface area contributed by atoms with Gasteiger partial charge in [0.2, 0.25) is 0 Å². The van der Waals surface area contributed by atoms with Crippen molar-refractivity contribution in [1.82, 2.24) is 9.55 Å². The van der Waals surface area contributed by atoms with Crippen molar-refractivity contribution in [2.45, 2.75) is 32.9 Å². The highest BCUT2D eigenvalue weighted by Gasteiger charge is 2.24. The first-order chi connectivity index (χ1) is 14.0. The lowest BCUT2D eigenvalue weighted by Crippen LogP contribution is -2.40. The highest BCUT2D eigenvalue weighted by Crippen LogP contribution is 2.21. The van der Waals surface area contributed by atoms with Crippen LogP contribution in [0.15, 0.2) is 61.3 Å². The van der Waals surface area contributed by atoms with Crippen LogP contribution in [0.1, 0.15) is 31.3 Å². The fourth-order valence-corrected chi connectivity index (χ4v) is 2.83. The molecule has 0 spiro atoms. The van der Waals surface area contributed by atoms with Crippen LogP contribution in [0.4, 0.5) is 11.5 Å². The van der Waals surface area contributed by atoms with E-state index in [-0.39, 0.29) is 18.1 Å². The van der Waals surface area contributed by atoms with Crippen LogP contribution >= 0.6 is 0 Å². The molecule has 3 N–H and O–H groups in total. The number of hydrogen-bond donors (Lipinski definition) is 2. The number of nitrogens with one attached hydrogen (secondary N) is 1. The van der Waals surface area contributed by atoms with E-state index in [4.69, 9.17) is 14.6 Å². The lowest BCUT2D eigenvalue weighted by molar-refractivity contribution is -0.114. The number of carbonyl (C=O) groups is 1. The third-order valence-corrected chi connectivity index (χ3v) is 4.31. The van der Waals surface area contributed by atoms with E-state index in [2.05, 4.69) is 4.98 Å². The SMILES string of the molecule is CCCCn1c(N)c(N(Cc2ccco2)C(=O)C=Cc2ccco2)c(=O)[nH]c1=O. The van der Waals surface area contributed by atoms with Gasteiger partial charge in [0.05, 0.1) is 19.1 Å². The second kappa shape index (κ2) is 8.96. The average Bonchev–Trinajstić information content (AvgIpc) is 3.39. The van der Waals surface area contributed by atoms with Crippen molar-refractivity contribution in [1.29, 1.82) is 0 Å². The van der Waals surface area contributed by atoms with Crippen molar-refractivity contribution in [2.24, 2.45) is 0 Å². The molecule has 0 radical (unpaired) electrons. The molecule has 152 valence electrons. The number of H-pyrrole nitrogens is 1. The number of carbonyl (C=O) groups excluding carboxylic acids is 1. The van der Waals surface area contributed by atoms with Gasteiger partial charge >= 0.3 is 5.69 Å². The Balaban J connectivity index is 2.04. The van der Waals surface area contributed by atoms with Gasteiger partial charge in [-0.15, -0.1) is 0 Å². The summed E-state index contributed by atoms with van der Waals surface area (Å²) in [7, 11) is 0. The fourth-order valence-electron chi connectivity index (χ4n) is 2.83. The molecule has 0 atom stereocenters. The number of nitrogens with zero attached hydrogens (tertiary/aromatic N) is 2. The molecule has 0 saturated heterocycles. The van der Waals surface area contributed by atoms with Gasteiger partial charge in [-0.3, -0.25) is 24.0 Å². The number of aromatic amines is 1. The summed E-state index contributed by atoms with van der Waals surface area (Å²) in [6.45, 7) is 2.27. The zero-order valence-corrected chi connectivity index (χ0v) is 16.0. The Morgan fingerprint density at radius 1 is 1.24 bits per heavy atom. The Kier molecular flexibility index (Phi) is 6.18. The minimum absolute atomic E-state index is 0.0341. The maximum Gasteiger partial charge on any atom is 0.330 e. The van der Waals surface area contributed by atoms with Crippen molar-refractivity contribution in [3.05, 3.63) is 75.2 Å². The van der Waals surface area contributed by atoms with E-state index >= 15 is 0 Å². The van der Waals surface area contributed by atoms with Gasteiger partial charge in [-0.2, -0.15) is 0 Å². The van der Waals surface area contributed by atoms with Crippen molar-refractivity contribution in [3.63, 3.8) is 0 Å². The molecule has 0 aliphatic heterocycles. The molecule has 0 aromatic carbocycles. The van der Waals surface area contributed by atoms with Gasteiger partial charge in [0.1, 0.15) is 17.3 Å². The van der Waals surface area contributed by atoms with Crippen molar-refractivity contribution in [3.8, 4) is 0 Å². The van der Waals surface area contributed by atoms with E-state index in [1.807, 2.05) is 6.92 Å². The molecule has 9 heteroatoms. The highest BCUT2D eigenvalue weighted by molar-refractivity contribution is 6.04. The zero-order chi connectivity index (χ0) is 20.8. The van der Waals surface area contributed by atoms with Crippen LogP contribution in [0.2, 0.25) is 0 Å².